The molecule has 3 aliphatic heterocycles. The number of alkyl halides is 1. The second-order valence-electron chi connectivity index (χ2n) is 13.5. The largest absolute Gasteiger partial charge is 0.394 e. The number of carbonyl (C=O) groups excluding carboxylic acids is 3. The lowest BCUT2D eigenvalue weighted by Crippen LogP contribution is -2.58. The van der Waals surface area contributed by atoms with Crippen LogP contribution in [-0.2, 0) is 34.0 Å². The van der Waals surface area contributed by atoms with Crippen LogP contribution >= 0.6 is 27.7 Å². The summed E-state index contributed by atoms with van der Waals surface area (Å²) < 4.78 is 0.768. The summed E-state index contributed by atoms with van der Waals surface area (Å²) in [5, 5.41) is 19.4. The van der Waals surface area contributed by atoms with E-state index in [0.717, 1.165) is 16.6 Å². The lowest BCUT2D eigenvalue weighted by atomic mass is 9.70. The Morgan fingerprint density at radius 1 is 0.961 bits per heavy atom. The maximum absolute atomic E-state index is 15.2. The maximum atomic E-state index is 15.2. The number of hydrogen-bond donors (Lipinski definition) is 1. The number of nitrogens with zero attached hydrogens (tertiary/aromatic N) is 6. The second kappa shape index (κ2) is 14.8. The Hall–Kier alpha value is -4.26. The van der Waals surface area contributed by atoms with Gasteiger partial charge in [0.2, 0.25) is 17.7 Å². The van der Waals surface area contributed by atoms with Crippen LogP contribution in [0.15, 0.2) is 110 Å². The van der Waals surface area contributed by atoms with E-state index in [4.69, 9.17) is 0 Å². The number of aromatic nitrogens is 3. The summed E-state index contributed by atoms with van der Waals surface area (Å²) in [6.45, 7) is 8.50. The summed E-state index contributed by atoms with van der Waals surface area (Å²) in [4.78, 5) is 50.0. The third-order valence-electron chi connectivity index (χ3n) is 10.4. The van der Waals surface area contributed by atoms with Crippen molar-refractivity contribution in [2.75, 3.05) is 19.7 Å². The number of aliphatic hydroxyl groups excluding tert-OH is 1. The normalized spacial score (nSPS) is 25.5. The molecular weight excluding hydrogens is 728 g/mol. The number of rotatable bonds is 14. The summed E-state index contributed by atoms with van der Waals surface area (Å²) >= 11 is 5.49. The van der Waals surface area contributed by atoms with Crippen LogP contribution in [-0.4, -0.2) is 99.1 Å². The predicted octanol–water partition coefficient (Wildman–Crippen LogP) is 4.69. The van der Waals surface area contributed by atoms with Gasteiger partial charge in [-0.3, -0.25) is 14.4 Å². The van der Waals surface area contributed by atoms with Gasteiger partial charge in [-0.15, -0.1) is 30.0 Å². The lowest BCUT2D eigenvalue weighted by Gasteiger charge is -2.40. The van der Waals surface area contributed by atoms with E-state index in [0.29, 0.717) is 31.4 Å². The van der Waals surface area contributed by atoms with Gasteiger partial charge in [-0.05, 0) is 36.1 Å². The van der Waals surface area contributed by atoms with E-state index >= 15 is 9.59 Å². The predicted molar refractivity (Wildman–Crippen MR) is 202 cm³/mol. The standard InChI is InChI=1S/C39H41BrN6O4S/c1-3-19-43(23-27-15-9-6-10-16-27)36(48)32-33-37(49)46(28(24-47)21-26-13-7-5-8-14-26)35(39(33)22-29(40)34(32)51-39)38(50)44(20-4-2)25-45-31-18-12-11-17-30(31)41-42-45/h3-18,28-29,32-35,47H,1-2,19-25H2/t28-,29?,32-,33+,34-,35?,39?/m1/s1. The molecule has 3 unspecified atom stereocenters. The molecular formula is C39H41BrN6O4S. The minimum absolute atomic E-state index is 0.0888. The Morgan fingerprint density at radius 3 is 2.29 bits per heavy atom. The van der Waals surface area contributed by atoms with Gasteiger partial charge in [0.15, 0.2) is 0 Å². The van der Waals surface area contributed by atoms with Crippen molar-refractivity contribution in [1.29, 1.82) is 0 Å². The van der Waals surface area contributed by atoms with Crippen molar-refractivity contribution in [2.45, 2.75) is 53.0 Å². The summed E-state index contributed by atoms with van der Waals surface area (Å²) in [5.74, 6) is -2.10. The van der Waals surface area contributed by atoms with Gasteiger partial charge in [0.25, 0.3) is 0 Å². The van der Waals surface area contributed by atoms with Gasteiger partial charge in [-0.1, -0.05) is 106 Å². The molecule has 264 valence electrons. The number of thioether (sulfide) groups is 1. The fourth-order valence-corrected chi connectivity index (χ4v) is 11.9. The smallest absolute Gasteiger partial charge is 0.248 e. The van der Waals surface area contributed by atoms with Crippen molar-refractivity contribution < 1.29 is 19.5 Å². The third kappa shape index (κ3) is 6.31. The molecule has 3 aliphatic rings. The van der Waals surface area contributed by atoms with Gasteiger partial charge < -0.3 is 19.8 Å². The summed E-state index contributed by atoms with van der Waals surface area (Å²) in [6.07, 6.45) is 4.25. The first-order chi connectivity index (χ1) is 24.8. The number of para-hydroxylation sites is 1. The number of amides is 3. The molecule has 3 aromatic carbocycles. The summed E-state index contributed by atoms with van der Waals surface area (Å²) in [5.41, 5.74) is 3.39. The van der Waals surface area contributed by atoms with Crippen LogP contribution in [0.5, 0.6) is 0 Å². The van der Waals surface area contributed by atoms with E-state index in [1.54, 1.807) is 43.3 Å². The molecule has 0 radical (unpaired) electrons. The monoisotopic (exact) mass is 768 g/mol. The van der Waals surface area contributed by atoms with Crippen molar-refractivity contribution in [3.63, 3.8) is 0 Å². The van der Waals surface area contributed by atoms with Crippen molar-refractivity contribution >= 4 is 56.4 Å². The lowest BCUT2D eigenvalue weighted by molar-refractivity contribution is -0.147. The number of likely N-dealkylation sites (tertiary alicyclic amines) is 1. The Labute approximate surface area is 310 Å². The molecule has 1 aromatic heterocycles. The van der Waals surface area contributed by atoms with E-state index in [-0.39, 0.29) is 47.6 Å². The fourth-order valence-electron chi connectivity index (χ4n) is 8.29. The van der Waals surface area contributed by atoms with E-state index in [1.807, 2.05) is 84.9 Å². The Bertz CT molecular complexity index is 1930. The minimum Gasteiger partial charge on any atom is -0.394 e. The maximum Gasteiger partial charge on any atom is 0.248 e. The molecule has 3 fully saturated rings. The molecule has 51 heavy (non-hydrogen) atoms. The van der Waals surface area contributed by atoms with Gasteiger partial charge in [0.1, 0.15) is 18.2 Å². The molecule has 12 heteroatoms. The van der Waals surface area contributed by atoms with Crippen LogP contribution in [0.1, 0.15) is 17.5 Å². The van der Waals surface area contributed by atoms with E-state index in [1.165, 1.54) is 0 Å². The van der Waals surface area contributed by atoms with Crippen molar-refractivity contribution in [3.05, 3.63) is 121 Å². The average Bonchev–Trinajstić information content (AvgIpc) is 3.87. The average molecular weight is 770 g/mol. The first-order valence-corrected chi connectivity index (χ1v) is 19.0. The highest BCUT2D eigenvalue weighted by atomic mass is 79.9. The van der Waals surface area contributed by atoms with Crippen LogP contribution in [0.2, 0.25) is 0 Å². The highest BCUT2D eigenvalue weighted by Crippen LogP contribution is 2.68. The van der Waals surface area contributed by atoms with E-state index in [9.17, 15) is 9.90 Å². The Balaban J connectivity index is 1.30. The van der Waals surface area contributed by atoms with Crippen LogP contribution in [0.4, 0.5) is 0 Å². The Morgan fingerprint density at radius 2 is 1.61 bits per heavy atom. The number of halogens is 1. The topological polar surface area (TPSA) is 112 Å². The number of hydrogen-bond acceptors (Lipinski definition) is 7. The van der Waals surface area contributed by atoms with Crippen molar-refractivity contribution in [2.24, 2.45) is 11.8 Å². The summed E-state index contributed by atoms with van der Waals surface area (Å²) in [7, 11) is 0. The van der Waals surface area contributed by atoms with Gasteiger partial charge in [-0.2, -0.15) is 0 Å². The number of carbonyl (C=O) groups is 3. The van der Waals surface area contributed by atoms with Gasteiger partial charge in [-0.25, -0.2) is 4.68 Å². The van der Waals surface area contributed by atoms with Crippen LogP contribution in [0.25, 0.3) is 11.0 Å². The van der Waals surface area contributed by atoms with Crippen molar-refractivity contribution in [3.8, 4) is 0 Å². The van der Waals surface area contributed by atoms with Crippen LogP contribution in [0.3, 0.4) is 0 Å². The molecule has 1 N–H and O–H groups in total. The minimum atomic E-state index is -0.944. The molecule has 3 saturated heterocycles. The van der Waals surface area contributed by atoms with Gasteiger partial charge in [0.05, 0.1) is 34.7 Å². The van der Waals surface area contributed by atoms with Crippen LogP contribution < -0.4 is 0 Å². The second-order valence-corrected chi connectivity index (χ2v) is 16.2. The summed E-state index contributed by atoms with van der Waals surface area (Å²) in [6, 6.07) is 25.4. The zero-order valence-corrected chi connectivity index (χ0v) is 30.6. The number of fused-ring (bicyclic) bond motifs is 2. The zero-order valence-electron chi connectivity index (χ0n) is 28.2. The molecule has 4 heterocycles. The highest BCUT2D eigenvalue weighted by Gasteiger charge is 2.76. The first kappa shape index (κ1) is 35.2. The van der Waals surface area contributed by atoms with Crippen molar-refractivity contribution in [1.82, 2.24) is 29.7 Å². The first-order valence-electron chi connectivity index (χ1n) is 17.2. The zero-order chi connectivity index (χ0) is 35.7. The fraction of sp³-hybridized carbons (Fsp3) is 0.359. The molecule has 7 rings (SSSR count). The highest BCUT2D eigenvalue weighted by molar-refractivity contribution is 9.09. The van der Waals surface area contributed by atoms with Gasteiger partial charge in [0, 0.05) is 29.7 Å². The molecule has 0 aliphatic carbocycles. The third-order valence-corrected chi connectivity index (χ3v) is 13.6. The number of aliphatic hydroxyl groups is 1. The molecule has 4 aromatic rings. The van der Waals surface area contributed by atoms with E-state index < -0.39 is 28.7 Å². The molecule has 1 spiro atoms. The molecule has 0 saturated carbocycles. The Kier molecular flexibility index (Phi) is 10.2. The molecule has 10 nitrogen and oxygen atoms in total. The SMILES string of the molecule is C=CCN(Cn1nnc2ccccc21)C(=O)C1N([C@@H](CO)Cc2ccccc2)C(=O)[C@@H]2[C@@H](C(=O)N(CC=C)Cc3ccccc3)[C@@H]3SC12CC3Br. The molecule has 3 amide bonds. The van der Waals surface area contributed by atoms with Crippen LogP contribution in [0, 0.1) is 11.8 Å². The van der Waals surface area contributed by atoms with Gasteiger partial charge >= 0.3 is 0 Å². The quantitative estimate of drug-likeness (QED) is 0.147. The molecule has 2 bridgehead atoms. The molecule has 7 atom stereocenters. The van der Waals surface area contributed by atoms with E-state index in [2.05, 4.69) is 39.4 Å². The number of benzene rings is 3.